The monoisotopic (exact) mass is 1810 g/mol. The van der Waals surface area contributed by atoms with Crippen molar-refractivity contribution < 1.29 is 238 Å². The predicted molar refractivity (Wildman–Crippen MR) is 419 cm³/mol. The van der Waals surface area contributed by atoms with Gasteiger partial charge in [0.2, 0.25) is 0 Å². The number of hydrogen-bond acceptors (Lipinski definition) is 27. The van der Waals surface area contributed by atoms with E-state index >= 15 is 0 Å². The van der Waals surface area contributed by atoms with Crippen molar-refractivity contribution in [3.8, 4) is 0 Å². The van der Waals surface area contributed by atoms with Gasteiger partial charge in [0.1, 0.15) is 0 Å². The number of aliphatic carboxylic acids is 1. The van der Waals surface area contributed by atoms with Crippen molar-refractivity contribution in [2.45, 2.75) is 115 Å². The average molecular weight is 1810 g/mol. The van der Waals surface area contributed by atoms with Gasteiger partial charge in [0.25, 0.3) is 0 Å². The van der Waals surface area contributed by atoms with E-state index in [0.717, 1.165) is 0 Å². The van der Waals surface area contributed by atoms with Crippen LogP contribution in [0.25, 0.3) is 21.5 Å². The van der Waals surface area contributed by atoms with E-state index in [4.69, 9.17) is 38.9 Å². The standard InChI is InChI=1S/C72H102N10O23S5Si3.4Na/c1-111(2,54-22-38-81(37-21-53-110(97,98)99,33-13-17-49-106(85,86)87)34-14-18-50-107(88,89)90)104-113(105-112(3,4)55-23-39-82(35-15-19-51-108(91,92)93,36-16-20-52-109(94,95)96)40-42-101-44-46-103-48-47-102-45-43-100-41-32-64(83)84)77-65-56-24-5-6-25-57(56)66(77)74-68-60-28-9-10-29-61(60)70(79(68)113)76-72-63-31-12-11-30-62(63)71(80(72)113)75-69-59-27-8-7-26-58(59)67(73-65)78(69)113;;;;/h5-12,24-31H,13-23,32-55H2,1-4H3,(H4-2,83,84,85,86,87,88,89,90,91,92,93,94,95,96,97,98,99);;;;/q;4*+1/p-4. The maximum Gasteiger partial charge on any atom is 1.00 e. The molecule has 6 aliphatic heterocycles. The van der Waals surface area contributed by atoms with Crippen molar-refractivity contribution in [1.82, 2.24) is 8.47 Å². The summed E-state index contributed by atoms with van der Waals surface area (Å²) in [6.45, 7) is 11.9. The van der Waals surface area contributed by atoms with E-state index < -0.39 is 110 Å². The number of fused-ring (bicyclic) bond motifs is 12. The normalized spacial score (nSPS) is 16.6. The number of rotatable bonds is 51. The molecule has 6 aromatic rings. The fourth-order valence-electron chi connectivity index (χ4n) is 17.9. The first kappa shape index (κ1) is 100. The minimum atomic E-state index is -7.49. The molecule has 0 saturated carbocycles. The predicted octanol–water partition coefficient (Wildman–Crippen LogP) is -8.36. The quantitative estimate of drug-likeness (QED) is 0.0148. The van der Waals surface area contributed by atoms with Crippen LogP contribution in [0.5, 0.6) is 0 Å². The number of ether oxygens (including phenoxy) is 4. The topological polar surface area (TPSA) is 447 Å². The molecule has 0 unspecified atom stereocenters. The van der Waals surface area contributed by atoms with Crippen LogP contribution in [0.2, 0.25) is 38.3 Å². The van der Waals surface area contributed by atoms with Crippen LogP contribution < -0.4 is 134 Å². The van der Waals surface area contributed by atoms with Crippen LogP contribution in [0.4, 0.5) is 11.6 Å². The Morgan fingerprint density at radius 2 is 0.684 bits per heavy atom. The Morgan fingerprint density at radius 3 is 1.04 bits per heavy atom. The van der Waals surface area contributed by atoms with Crippen molar-refractivity contribution in [2.75, 3.05) is 134 Å². The number of amidine groups is 4. The summed E-state index contributed by atoms with van der Waals surface area (Å²) in [7, 11) is -38.4. The van der Waals surface area contributed by atoms with E-state index in [0.29, 0.717) is 141 Å². The van der Waals surface area contributed by atoms with E-state index in [1.165, 1.54) is 0 Å². The first-order chi connectivity index (χ1) is 53.3. The Labute approximate surface area is 774 Å². The molecule has 117 heavy (non-hydrogen) atoms. The second-order valence-corrected chi connectivity index (χ2v) is 53.3. The Balaban J connectivity index is 0.00000427. The van der Waals surface area contributed by atoms with E-state index in [2.05, 4.69) is 43.1 Å². The average Bonchev–Trinajstić information content (AvgIpc) is 1.13. The molecular formula is C72H98N10Na4O23S5Si3. The fourth-order valence-corrected chi connectivity index (χ4v) is 42.9. The molecule has 45 heteroatoms. The number of unbranched alkanes of at least 4 members (excludes halogenated alkanes) is 4. The first-order valence-electron chi connectivity index (χ1n) is 38.3. The smallest absolute Gasteiger partial charge is 1.00 e. The zero-order valence-corrected chi connectivity index (χ0v) is 83.0. The maximum absolute atomic E-state index is 12.4. The van der Waals surface area contributed by atoms with Crippen LogP contribution in [0.1, 0.15) is 99.3 Å². The van der Waals surface area contributed by atoms with Crippen LogP contribution in [0.3, 0.4) is 0 Å². The SMILES string of the molecule is C[Si](C)(CCC[N+](CCCCS(=O)(=O)[O-])(CCCCS(=O)(=O)[O-])CCCS(=O)(=O)[O-])O[Si-2]123(O[Si](C)(C)CCC[N+](CCCCS(=O)(=O)[O-])(CCCCS(=O)(=O)[O-])CCOCCOCCOCCOCCC(=O)[O-])n4c5c6ccccc6c4N=C4c6ccccc6C(=[N+]41)N=c1c4ccccc4c(n12)=NC1=[N+]3C(=N5)c2ccccc21.[Na+].[Na+].[Na+].[Na+]. The fraction of sp³-hybridized carbons (Fsp3) is 0.542. The molecule has 4 aromatic carbocycles. The van der Waals surface area contributed by atoms with E-state index in [-0.39, 0.29) is 270 Å². The number of aromatic nitrogens is 2. The van der Waals surface area contributed by atoms with Crippen molar-refractivity contribution in [3.05, 3.63) is 130 Å². The van der Waals surface area contributed by atoms with Gasteiger partial charge >= 0.3 is 718 Å². The molecule has 8 heterocycles. The summed E-state index contributed by atoms with van der Waals surface area (Å²) in [6, 6.07) is 32.2. The van der Waals surface area contributed by atoms with Gasteiger partial charge in [0, 0.05) is 12.4 Å². The number of carbonyl (C=O) groups is 1. The minimum Gasteiger partial charge on any atom is 1.00 e. The van der Waals surface area contributed by atoms with Crippen molar-refractivity contribution in [3.63, 3.8) is 0 Å². The molecule has 12 rings (SSSR count). The number of nitrogens with zero attached hydrogens (tertiary/aromatic N) is 10. The Hall–Kier alpha value is -2.41. The maximum atomic E-state index is 12.4. The Morgan fingerprint density at radius 1 is 0.385 bits per heavy atom. The van der Waals surface area contributed by atoms with Crippen LogP contribution in [0.15, 0.2) is 117 Å². The van der Waals surface area contributed by atoms with Gasteiger partial charge in [0.15, 0.2) is 0 Å². The van der Waals surface area contributed by atoms with Gasteiger partial charge in [-0.15, -0.1) is 0 Å². The van der Waals surface area contributed by atoms with Gasteiger partial charge < -0.3 is 19.4 Å². The Kier molecular flexibility index (Phi) is 33.9. The second-order valence-electron chi connectivity index (χ2n) is 31.4. The number of quaternary nitrogens is 2. The summed E-state index contributed by atoms with van der Waals surface area (Å²) in [4.78, 5) is 34.1. The summed E-state index contributed by atoms with van der Waals surface area (Å²) in [5, 5.41) is 13.6. The number of carboxylic acid groups (broad SMARTS) is 1. The summed E-state index contributed by atoms with van der Waals surface area (Å²) in [6.07, 6.45) is 1.21. The molecule has 0 N–H and O–H groups in total. The third-order valence-corrected chi connectivity index (χ3v) is 43.0. The van der Waals surface area contributed by atoms with Crippen molar-refractivity contribution in [1.29, 1.82) is 0 Å². The molecule has 0 atom stereocenters. The number of carboxylic acids is 1. The number of benzene rings is 4. The number of aliphatic imine (C=N–C) groups is 2. The third-order valence-electron chi connectivity index (χ3n) is 22.3. The van der Waals surface area contributed by atoms with Crippen LogP contribution >= 0.6 is 0 Å². The minimum absolute atomic E-state index is 0. The zero-order valence-electron chi connectivity index (χ0n) is 67.9. The molecular weight excluding hydrogens is 1710 g/mol. The van der Waals surface area contributed by atoms with Crippen LogP contribution in [-0.4, -0.2) is 278 Å². The molecule has 0 radical (unpaired) electrons. The molecule has 0 amide bonds. The number of hydrogen-bond donors (Lipinski definition) is 0. The van der Waals surface area contributed by atoms with Gasteiger partial charge in [-0.1, -0.05) is 0 Å². The second kappa shape index (κ2) is 39.6. The van der Waals surface area contributed by atoms with Gasteiger partial charge in [-0.3, -0.25) is 0 Å². The summed E-state index contributed by atoms with van der Waals surface area (Å²) in [5.41, 5.74) is 3.77. The molecule has 620 valence electrons. The first-order valence-corrected chi connectivity index (χ1v) is 55.1. The van der Waals surface area contributed by atoms with E-state index in [1.807, 2.05) is 97.1 Å². The molecule has 33 nitrogen and oxygen atoms in total. The van der Waals surface area contributed by atoms with Gasteiger partial charge in [0.05, 0.1) is 33.0 Å². The Bertz CT molecular complexity index is 5330. The largest absolute Gasteiger partial charge is 1.00 e. The van der Waals surface area contributed by atoms with Gasteiger partial charge in [-0.2, -0.15) is 0 Å². The van der Waals surface area contributed by atoms with Crippen LogP contribution in [0, 0.1) is 0 Å². The third kappa shape index (κ3) is 21.7. The van der Waals surface area contributed by atoms with E-state index in [9.17, 15) is 83.0 Å². The molecule has 0 aliphatic carbocycles. The van der Waals surface area contributed by atoms with Gasteiger partial charge in [-0.25, -0.2) is 0 Å². The summed E-state index contributed by atoms with van der Waals surface area (Å²) >= 11 is 0. The van der Waals surface area contributed by atoms with Crippen molar-refractivity contribution in [2.24, 2.45) is 20.0 Å². The number of carbonyl (C=O) groups excluding carboxylic acids is 1. The molecule has 0 saturated heterocycles. The molecule has 6 aliphatic rings. The summed E-state index contributed by atoms with van der Waals surface area (Å²) < 4.78 is 234. The molecule has 0 fully saturated rings. The van der Waals surface area contributed by atoms with Crippen molar-refractivity contribution >= 4 is 137 Å². The van der Waals surface area contributed by atoms with Gasteiger partial charge in [-0.05, 0) is 0 Å². The van der Waals surface area contributed by atoms with Crippen LogP contribution in [-0.2, 0) is 82.6 Å². The molecule has 0 bridgehead atoms. The molecule has 2 aromatic heterocycles. The zero-order chi connectivity index (χ0) is 81.2. The summed E-state index contributed by atoms with van der Waals surface area (Å²) in [5.74, 6) is -1.78. The molecule has 1 spiro atoms. The van der Waals surface area contributed by atoms with E-state index in [1.54, 1.807) is 0 Å².